The van der Waals surface area contributed by atoms with E-state index < -0.39 is 0 Å². The minimum atomic E-state index is -0.324. The molecule has 2 saturated heterocycles. The third-order valence-electron chi connectivity index (χ3n) is 7.06. The Kier molecular flexibility index (Phi) is 5.51. The van der Waals surface area contributed by atoms with Gasteiger partial charge in [0.15, 0.2) is 0 Å². The van der Waals surface area contributed by atoms with Crippen molar-refractivity contribution in [1.29, 1.82) is 0 Å². The predicted octanol–water partition coefficient (Wildman–Crippen LogP) is 4.20. The number of carbonyl (C=O) groups is 2. The summed E-state index contributed by atoms with van der Waals surface area (Å²) in [7, 11) is 0. The molecule has 32 heavy (non-hydrogen) atoms. The van der Waals surface area contributed by atoms with E-state index in [-0.39, 0.29) is 29.3 Å². The van der Waals surface area contributed by atoms with Crippen LogP contribution < -0.4 is 5.32 Å². The molecule has 3 aromatic rings. The van der Waals surface area contributed by atoms with Crippen molar-refractivity contribution in [3.63, 3.8) is 0 Å². The highest BCUT2D eigenvalue weighted by molar-refractivity contribution is 7.19. The minimum Gasteiger partial charge on any atom is -0.349 e. The van der Waals surface area contributed by atoms with Crippen molar-refractivity contribution in [2.24, 2.45) is 5.92 Å². The van der Waals surface area contributed by atoms with Crippen molar-refractivity contribution in [1.82, 2.24) is 15.1 Å². The van der Waals surface area contributed by atoms with E-state index in [0.29, 0.717) is 13.1 Å². The van der Waals surface area contributed by atoms with Crippen molar-refractivity contribution in [2.45, 2.75) is 38.4 Å². The molecule has 0 unspecified atom stereocenters. The fraction of sp³-hybridized carbons (Fsp3) is 0.385. The van der Waals surface area contributed by atoms with Crippen molar-refractivity contribution >= 4 is 33.2 Å². The third-order valence-corrected chi connectivity index (χ3v) is 8.16. The molecule has 1 N–H and O–H groups in total. The van der Waals surface area contributed by atoms with Crippen molar-refractivity contribution in [2.75, 3.05) is 19.6 Å². The highest BCUT2D eigenvalue weighted by Crippen LogP contribution is 2.48. The largest absolute Gasteiger partial charge is 0.349 e. The third kappa shape index (κ3) is 3.82. The maximum absolute atomic E-state index is 12.3. The molecule has 0 radical (unpaired) electrons. The molecular formula is C26H29N3O2S. The van der Waals surface area contributed by atoms with Crippen LogP contribution >= 0.6 is 11.3 Å². The summed E-state index contributed by atoms with van der Waals surface area (Å²) < 4.78 is 1.30. The lowest BCUT2D eigenvalue weighted by atomic mass is 9.75. The molecule has 1 aromatic heterocycles. The van der Waals surface area contributed by atoms with E-state index in [0.717, 1.165) is 19.5 Å². The highest BCUT2D eigenvalue weighted by atomic mass is 32.1. The minimum absolute atomic E-state index is 0.00167. The van der Waals surface area contributed by atoms with Crippen LogP contribution in [-0.4, -0.2) is 46.8 Å². The van der Waals surface area contributed by atoms with Gasteiger partial charge in [-0.3, -0.25) is 14.5 Å². The van der Waals surface area contributed by atoms with Gasteiger partial charge in [-0.2, -0.15) is 0 Å². The molecule has 0 spiro atoms. The van der Waals surface area contributed by atoms with E-state index in [1.807, 2.05) is 22.3 Å². The molecule has 0 bridgehead atoms. The summed E-state index contributed by atoms with van der Waals surface area (Å²) in [5.41, 5.74) is 0.922. The van der Waals surface area contributed by atoms with Gasteiger partial charge in [-0.05, 0) is 29.5 Å². The number of hydrogen-bond donors (Lipinski definition) is 1. The van der Waals surface area contributed by atoms with Crippen molar-refractivity contribution in [3.05, 3.63) is 71.1 Å². The Balaban J connectivity index is 1.55. The van der Waals surface area contributed by atoms with Crippen molar-refractivity contribution < 1.29 is 9.59 Å². The smallest absolute Gasteiger partial charge is 0.219 e. The number of hydrogen-bond acceptors (Lipinski definition) is 4. The van der Waals surface area contributed by atoms with E-state index in [4.69, 9.17) is 0 Å². The number of benzene rings is 2. The average Bonchev–Trinajstić information content (AvgIpc) is 3.31. The standard InChI is InChI=1S/C26H29N3O2S/c1-18(30)27-26-12-13-28(19(2)31)16-23(26)25(20-8-4-3-5-9-20)29(17-26)15-22-14-21-10-6-7-11-24(21)32-22/h3-11,14,23,25H,12-13,15-17H2,1-2H3,(H,27,30)/t23-,25-,26-/m1/s1. The lowest BCUT2D eigenvalue weighted by Gasteiger charge is -2.45. The van der Waals surface area contributed by atoms with Gasteiger partial charge in [0, 0.05) is 61.6 Å². The average molecular weight is 448 g/mol. The maximum Gasteiger partial charge on any atom is 0.219 e. The Hall–Kier alpha value is -2.70. The quantitative estimate of drug-likeness (QED) is 0.652. The first-order valence-corrected chi connectivity index (χ1v) is 12.1. The van der Waals surface area contributed by atoms with E-state index >= 15 is 0 Å². The van der Waals surface area contributed by atoms with Gasteiger partial charge < -0.3 is 10.2 Å². The van der Waals surface area contributed by atoms with E-state index in [9.17, 15) is 9.59 Å². The molecule has 2 amide bonds. The first-order chi connectivity index (χ1) is 15.4. The van der Waals surface area contributed by atoms with Gasteiger partial charge in [0.25, 0.3) is 0 Å². The van der Waals surface area contributed by atoms with E-state index in [2.05, 4.69) is 64.8 Å². The summed E-state index contributed by atoms with van der Waals surface area (Å²) >= 11 is 1.84. The Morgan fingerprint density at radius 1 is 1.09 bits per heavy atom. The molecule has 6 heteroatoms. The molecule has 5 rings (SSSR count). The van der Waals surface area contributed by atoms with Crippen LogP contribution in [0, 0.1) is 5.92 Å². The van der Waals surface area contributed by atoms with Gasteiger partial charge in [-0.15, -0.1) is 11.3 Å². The molecule has 166 valence electrons. The van der Waals surface area contributed by atoms with Crippen LogP contribution in [0.4, 0.5) is 0 Å². The fourth-order valence-electron chi connectivity index (χ4n) is 5.73. The molecule has 2 aliphatic rings. The summed E-state index contributed by atoms with van der Waals surface area (Å²) in [6.45, 7) is 6.22. The van der Waals surface area contributed by atoms with Gasteiger partial charge in [0.2, 0.25) is 11.8 Å². The molecule has 2 aromatic carbocycles. The summed E-state index contributed by atoms with van der Waals surface area (Å²) in [5, 5.41) is 4.62. The number of rotatable bonds is 4. The number of likely N-dealkylation sites (tertiary alicyclic amines) is 2. The van der Waals surface area contributed by atoms with Crippen LogP contribution in [0.3, 0.4) is 0 Å². The first kappa shape index (κ1) is 21.2. The van der Waals surface area contributed by atoms with Gasteiger partial charge in [0.05, 0.1) is 5.54 Å². The molecule has 2 fully saturated rings. The normalized spacial score (nSPS) is 25.6. The Bertz CT molecular complexity index is 1110. The number of nitrogens with one attached hydrogen (secondary N) is 1. The second-order valence-electron chi connectivity index (χ2n) is 9.17. The zero-order valence-electron chi connectivity index (χ0n) is 18.6. The predicted molar refractivity (Wildman–Crippen MR) is 128 cm³/mol. The van der Waals surface area contributed by atoms with Crippen LogP contribution in [0.2, 0.25) is 0 Å². The molecule has 0 aliphatic carbocycles. The van der Waals surface area contributed by atoms with Crippen LogP contribution in [0.5, 0.6) is 0 Å². The fourth-order valence-corrected chi connectivity index (χ4v) is 6.82. The van der Waals surface area contributed by atoms with E-state index in [1.54, 1.807) is 13.8 Å². The van der Waals surface area contributed by atoms with Gasteiger partial charge >= 0.3 is 0 Å². The Labute approximate surface area is 193 Å². The number of amides is 2. The summed E-state index contributed by atoms with van der Waals surface area (Å²) in [6, 6.07) is 21.5. The molecule has 5 nitrogen and oxygen atoms in total. The number of nitrogens with zero attached hydrogens (tertiary/aromatic N) is 2. The molecule has 3 heterocycles. The first-order valence-electron chi connectivity index (χ1n) is 11.3. The van der Waals surface area contributed by atoms with Crippen LogP contribution in [-0.2, 0) is 16.1 Å². The summed E-state index contributed by atoms with van der Waals surface area (Å²) in [5.74, 6) is 0.249. The topological polar surface area (TPSA) is 52.7 Å². The summed E-state index contributed by atoms with van der Waals surface area (Å²) in [6.07, 6.45) is 0.781. The Morgan fingerprint density at radius 2 is 1.84 bits per heavy atom. The SMILES string of the molecule is CC(=O)N[C@@]12CCN(C(C)=O)C[C@@H]1[C@@H](c1ccccc1)N(Cc1cc3ccccc3s1)C2. The van der Waals surface area contributed by atoms with Crippen molar-refractivity contribution in [3.8, 4) is 0 Å². The van der Waals surface area contributed by atoms with Gasteiger partial charge in [-0.25, -0.2) is 0 Å². The molecule has 3 atom stereocenters. The van der Waals surface area contributed by atoms with E-state index in [1.165, 1.54) is 20.5 Å². The second kappa shape index (κ2) is 8.34. The van der Waals surface area contributed by atoms with Gasteiger partial charge in [-0.1, -0.05) is 48.5 Å². The number of carbonyl (C=O) groups excluding carboxylic acids is 2. The lowest BCUT2D eigenvalue weighted by Crippen LogP contribution is -2.61. The van der Waals surface area contributed by atoms with Crippen LogP contribution in [0.1, 0.15) is 36.8 Å². The molecule has 0 saturated carbocycles. The monoisotopic (exact) mass is 447 g/mol. The molecular weight excluding hydrogens is 418 g/mol. The van der Waals surface area contributed by atoms with Gasteiger partial charge in [0.1, 0.15) is 0 Å². The second-order valence-corrected chi connectivity index (χ2v) is 10.3. The van der Waals surface area contributed by atoms with Crippen LogP contribution in [0.25, 0.3) is 10.1 Å². The highest BCUT2D eigenvalue weighted by Gasteiger charge is 2.55. The lowest BCUT2D eigenvalue weighted by molar-refractivity contribution is -0.132. The maximum atomic E-state index is 12.3. The summed E-state index contributed by atoms with van der Waals surface area (Å²) in [4.78, 5) is 30.3. The van der Waals surface area contributed by atoms with Crippen LogP contribution in [0.15, 0.2) is 60.7 Å². The Morgan fingerprint density at radius 3 is 2.56 bits per heavy atom. The zero-order chi connectivity index (χ0) is 22.3. The zero-order valence-corrected chi connectivity index (χ0v) is 19.4. The molecule has 2 aliphatic heterocycles. The number of thiophene rings is 1. The number of piperidine rings is 1. The number of fused-ring (bicyclic) bond motifs is 2.